The van der Waals surface area contributed by atoms with Crippen LogP contribution in [0.1, 0.15) is 40.9 Å². The van der Waals surface area contributed by atoms with Gasteiger partial charge in [0.15, 0.2) is 0 Å². The van der Waals surface area contributed by atoms with Gasteiger partial charge in [0.1, 0.15) is 15.8 Å². The number of nitrogens with zero attached hydrogens (tertiary/aromatic N) is 3. The number of piperidine rings is 1. The summed E-state index contributed by atoms with van der Waals surface area (Å²) < 4.78 is 13.4. The molecule has 3 nitrogen and oxygen atoms in total. The van der Waals surface area contributed by atoms with Crippen molar-refractivity contribution >= 4 is 11.3 Å². The van der Waals surface area contributed by atoms with Crippen LogP contribution < -0.4 is 0 Å². The highest BCUT2D eigenvalue weighted by molar-refractivity contribution is 7.11. The molecule has 0 saturated carbocycles. The van der Waals surface area contributed by atoms with Gasteiger partial charge in [0.05, 0.1) is 6.54 Å². The first-order valence-electron chi connectivity index (χ1n) is 7.01. The lowest BCUT2D eigenvalue weighted by Gasteiger charge is -2.35. The van der Waals surface area contributed by atoms with Gasteiger partial charge in [-0.1, -0.05) is 18.6 Å². The summed E-state index contributed by atoms with van der Waals surface area (Å²) in [7, 11) is 0. The minimum absolute atomic E-state index is 0.153. The number of halogens is 1. The van der Waals surface area contributed by atoms with Crippen molar-refractivity contribution in [1.29, 1.82) is 0 Å². The van der Waals surface area contributed by atoms with E-state index in [0.717, 1.165) is 35.1 Å². The Hall–Kier alpha value is -1.33. The maximum Gasteiger partial charge on any atom is 0.131 e. The predicted molar refractivity (Wildman–Crippen MR) is 78.0 cm³/mol. The molecule has 5 heteroatoms. The number of hydrogen-bond acceptors (Lipinski definition) is 4. The molecule has 2 aromatic rings. The smallest absolute Gasteiger partial charge is 0.131 e. The minimum atomic E-state index is -0.153. The number of aromatic nitrogens is 2. The number of rotatable bonds is 3. The largest absolute Gasteiger partial charge is 0.290 e. The van der Waals surface area contributed by atoms with Gasteiger partial charge in [-0.3, -0.25) is 4.90 Å². The lowest BCUT2D eigenvalue weighted by molar-refractivity contribution is 0.140. The molecule has 1 atom stereocenters. The molecule has 0 amide bonds. The van der Waals surface area contributed by atoms with Gasteiger partial charge in [-0.15, -0.1) is 21.5 Å². The van der Waals surface area contributed by atoms with Crippen LogP contribution in [0.4, 0.5) is 4.39 Å². The standard InChI is InChI=1S/C15H18FN3S/c1-11-17-18-15(20-11)10-19-8-3-2-7-14(19)12-5-4-6-13(16)9-12/h4-6,9,14H,2-3,7-8,10H2,1H3/t14-/m1/s1. The molecule has 1 aliphatic rings. The van der Waals surface area contributed by atoms with Gasteiger partial charge in [-0.25, -0.2) is 4.39 Å². The Morgan fingerprint density at radius 1 is 1.35 bits per heavy atom. The molecule has 1 aromatic heterocycles. The highest BCUT2D eigenvalue weighted by atomic mass is 32.1. The third kappa shape index (κ3) is 3.04. The van der Waals surface area contributed by atoms with E-state index in [9.17, 15) is 4.39 Å². The van der Waals surface area contributed by atoms with Gasteiger partial charge in [0.25, 0.3) is 0 Å². The van der Waals surface area contributed by atoms with Gasteiger partial charge in [0, 0.05) is 6.04 Å². The van der Waals surface area contributed by atoms with E-state index in [1.165, 1.54) is 18.9 Å². The van der Waals surface area contributed by atoms with Crippen LogP contribution >= 0.6 is 11.3 Å². The quantitative estimate of drug-likeness (QED) is 0.863. The van der Waals surface area contributed by atoms with Crippen molar-refractivity contribution in [2.45, 2.75) is 38.8 Å². The Bertz CT molecular complexity index is 584. The molecule has 0 unspecified atom stereocenters. The first-order chi connectivity index (χ1) is 9.72. The molecule has 106 valence electrons. The lowest BCUT2D eigenvalue weighted by Crippen LogP contribution is -2.32. The number of aryl methyl sites for hydroxylation is 1. The summed E-state index contributed by atoms with van der Waals surface area (Å²) in [5.41, 5.74) is 1.07. The molecule has 0 radical (unpaired) electrons. The summed E-state index contributed by atoms with van der Waals surface area (Å²) in [4.78, 5) is 2.40. The van der Waals surface area contributed by atoms with Crippen LogP contribution in [-0.2, 0) is 6.54 Å². The molecule has 0 N–H and O–H groups in total. The third-order valence-electron chi connectivity index (χ3n) is 3.75. The highest BCUT2D eigenvalue weighted by Gasteiger charge is 2.25. The van der Waals surface area contributed by atoms with E-state index in [-0.39, 0.29) is 5.82 Å². The van der Waals surface area contributed by atoms with Gasteiger partial charge >= 0.3 is 0 Å². The second-order valence-electron chi connectivity index (χ2n) is 5.25. The highest BCUT2D eigenvalue weighted by Crippen LogP contribution is 2.32. The molecule has 2 heterocycles. The third-order valence-corrected chi connectivity index (χ3v) is 4.58. The van der Waals surface area contributed by atoms with Crippen LogP contribution in [0.5, 0.6) is 0 Å². The second kappa shape index (κ2) is 5.97. The molecule has 1 saturated heterocycles. The Kier molecular flexibility index (Phi) is 4.08. The van der Waals surface area contributed by atoms with Gasteiger partial charge in [0.2, 0.25) is 0 Å². The van der Waals surface area contributed by atoms with Crippen molar-refractivity contribution in [1.82, 2.24) is 15.1 Å². The molecular formula is C15H18FN3S. The SMILES string of the molecule is Cc1nnc(CN2CCCC[C@@H]2c2cccc(F)c2)s1. The Morgan fingerprint density at radius 3 is 3.00 bits per heavy atom. The van der Waals surface area contributed by atoms with Crippen molar-refractivity contribution in [2.75, 3.05) is 6.54 Å². The summed E-state index contributed by atoms with van der Waals surface area (Å²) in [5.74, 6) is -0.153. The van der Waals surface area contributed by atoms with Gasteiger partial charge in [-0.2, -0.15) is 0 Å². The zero-order chi connectivity index (χ0) is 13.9. The zero-order valence-corrected chi connectivity index (χ0v) is 12.4. The Balaban J connectivity index is 1.80. The summed E-state index contributed by atoms with van der Waals surface area (Å²) in [5, 5.41) is 10.3. The fourth-order valence-electron chi connectivity index (χ4n) is 2.85. The van der Waals surface area contributed by atoms with E-state index in [4.69, 9.17) is 0 Å². The Labute approximate surface area is 122 Å². The monoisotopic (exact) mass is 291 g/mol. The topological polar surface area (TPSA) is 29.0 Å². The zero-order valence-electron chi connectivity index (χ0n) is 11.6. The molecule has 0 bridgehead atoms. The van der Waals surface area contributed by atoms with Gasteiger partial charge < -0.3 is 0 Å². The molecule has 3 rings (SSSR count). The number of hydrogen-bond donors (Lipinski definition) is 0. The van der Waals surface area contributed by atoms with E-state index >= 15 is 0 Å². The molecule has 20 heavy (non-hydrogen) atoms. The van der Waals surface area contributed by atoms with E-state index in [0.29, 0.717) is 6.04 Å². The molecule has 1 aromatic carbocycles. The molecule has 0 spiro atoms. The molecule has 1 fully saturated rings. The maximum atomic E-state index is 13.4. The van der Waals surface area contributed by atoms with Crippen LogP contribution in [0.2, 0.25) is 0 Å². The average Bonchev–Trinajstić information content (AvgIpc) is 2.85. The fraction of sp³-hybridized carbons (Fsp3) is 0.467. The minimum Gasteiger partial charge on any atom is -0.290 e. The number of benzene rings is 1. The van der Waals surface area contributed by atoms with Crippen LogP contribution in [-0.4, -0.2) is 21.6 Å². The molecule has 0 aliphatic carbocycles. The molecular weight excluding hydrogens is 273 g/mol. The summed E-state index contributed by atoms with van der Waals surface area (Å²) in [6.07, 6.45) is 3.48. The maximum absolute atomic E-state index is 13.4. The molecule has 1 aliphatic heterocycles. The van der Waals surface area contributed by atoms with Crippen molar-refractivity contribution in [3.05, 3.63) is 45.7 Å². The summed E-state index contributed by atoms with van der Waals surface area (Å²) in [6.45, 7) is 3.83. The van der Waals surface area contributed by atoms with Crippen LogP contribution in [0, 0.1) is 12.7 Å². The first kappa shape index (κ1) is 13.6. The van der Waals surface area contributed by atoms with Gasteiger partial charge in [-0.05, 0) is 44.0 Å². The first-order valence-corrected chi connectivity index (χ1v) is 7.82. The van der Waals surface area contributed by atoms with Crippen molar-refractivity contribution in [3.63, 3.8) is 0 Å². The van der Waals surface area contributed by atoms with E-state index in [2.05, 4.69) is 15.1 Å². The lowest BCUT2D eigenvalue weighted by atomic mass is 9.95. The summed E-state index contributed by atoms with van der Waals surface area (Å²) >= 11 is 1.64. The fourth-order valence-corrected chi connectivity index (χ4v) is 3.58. The van der Waals surface area contributed by atoms with Crippen molar-refractivity contribution < 1.29 is 4.39 Å². The van der Waals surface area contributed by atoms with E-state index in [1.54, 1.807) is 23.5 Å². The average molecular weight is 291 g/mol. The normalized spacial score (nSPS) is 20.2. The van der Waals surface area contributed by atoms with E-state index < -0.39 is 0 Å². The predicted octanol–water partition coefficient (Wildman–Crippen LogP) is 3.71. The van der Waals surface area contributed by atoms with Crippen LogP contribution in [0.3, 0.4) is 0 Å². The summed E-state index contributed by atoms with van der Waals surface area (Å²) in [6, 6.07) is 7.28. The Morgan fingerprint density at radius 2 is 2.25 bits per heavy atom. The number of likely N-dealkylation sites (tertiary alicyclic amines) is 1. The van der Waals surface area contributed by atoms with Crippen LogP contribution in [0.25, 0.3) is 0 Å². The van der Waals surface area contributed by atoms with Crippen LogP contribution in [0.15, 0.2) is 24.3 Å². The van der Waals surface area contributed by atoms with E-state index in [1.807, 2.05) is 13.0 Å². The van der Waals surface area contributed by atoms with Crippen molar-refractivity contribution in [3.8, 4) is 0 Å². The second-order valence-corrected chi connectivity index (χ2v) is 6.52. The van der Waals surface area contributed by atoms with Crippen molar-refractivity contribution in [2.24, 2.45) is 0 Å².